The number of benzene rings is 2. The van der Waals surface area contributed by atoms with Gasteiger partial charge in [0.2, 0.25) is 0 Å². The molecule has 0 radical (unpaired) electrons. The first-order valence-electron chi connectivity index (χ1n) is 9.32. The number of ether oxygens (including phenoxy) is 2. The minimum atomic E-state index is -1.10. The van der Waals surface area contributed by atoms with Gasteiger partial charge >= 0.3 is 5.97 Å². The summed E-state index contributed by atoms with van der Waals surface area (Å²) >= 11 is 0. The smallest absolute Gasteiger partial charge is 0.379 e. The maximum atomic E-state index is 12.9. The summed E-state index contributed by atoms with van der Waals surface area (Å²) < 4.78 is 11.8. The number of para-hydroxylation sites is 2. The third-order valence-electron chi connectivity index (χ3n) is 4.54. The highest BCUT2D eigenvalue weighted by Crippen LogP contribution is 2.22. The van der Waals surface area contributed by atoms with E-state index in [4.69, 9.17) is 4.74 Å². The predicted octanol–water partition coefficient (Wildman–Crippen LogP) is 3.09. The molecule has 0 bridgehead atoms. The van der Waals surface area contributed by atoms with E-state index >= 15 is 0 Å². The molecule has 0 atom stereocenters. The van der Waals surface area contributed by atoms with Gasteiger partial charge in [-0.2, -0.15) is 0 Å². The molecular formula is C23H21NO6. The Hall–Kier alpha value is -3.87. The lowest BCUT2D eigenvalue weighted by Crippen LogP contribution is -2.18. The van der Waals surface area contributed by atoms with E-state index in [9.17, 15) is 19.5 Å². The zero-order valence-electron chi connectivity index (χ0n) is 16.6. The first-order chi connectivity index (χ1) is 14.5. The molecule has 0 fully saturated rings. The molecule has 0 aliphatic heterocycles. The average Bonchev–Trinajstić information content (AvgIpc) is 2.76. The van der Waals surface area contributed by atoms with Crippen molar-refractivity contribution in [2.75, 3.05) is 13.7 Å². The van der Waals surface area contributed by atoms with E-state index in [0.29, 0.717) is 29.3 Å². The monoisotopic (exact) mass is 407 g/mol. The van der Waals surface area contributed by atoms with Crippen molar-refractivity contribution in [3.63, 3.8) is 0 Å². The van der Waals surface area contributed by atoms with Crippen molar-refractivity contribution in [3.8, 4) is 5.75 Å². The molecule has 1 heterocycles. The van der Waals surface area contributed by atoms with Gasteiger partial charge in [-0.3, -0.25) is 9.59 Å². The number of aliphatic hydroxyl groups is 1. The van der Waals surface area contributed by atoms with Gasteiger partial charge in [0, 0.05) is 23.2 Å². The Bertz CT molecular complexity index is 1190. The van der Waals surface area contributed by atoms with E-state index < -0.39 is 22.9 Å². The Morgan fingerprint density at radius 2 is 1.80 bits per heavy atom. The van der Waals surface area contributed by atoms with Crippen LogP contribution in [0.15, 0.2) is 65.6 Å². The fourth-order valence-electron chi connectivity index (χ4n) is 3.14. The van der Waals surface area contributed by atoms with Gasteiger partial charge in [0.15, 0.2) is 5.43 Å². The molecule has 1 N–H and O–H groups in total. The van der Waals surface area contributed by atoms with Gasteiger partial charge in [-0.1, -0.05) is 30.3 Å². The van der Waals surface area contributed by atoms with Gasteiger partial charge in [0.05, 0.1) is 31.3 Å². The lowest BCUT2D eigenvalue weighted by molar-refractivity contribution is -0.151. The number of fused-ring (bicyclic) bond motifs is 1. The van der Waals surface area contributed by atoms with Crippen LogP contribution < -0.4 is 10.2 Å². The fraction of sp³-hybridized carbons (Fsp3) is 0.174. The number of methoxy groups -OCH3 is 1. The number of hydrogen-bond donors (Lipinski definition) is 1. The fourth-order valence-corrected chi connectivity index (χ4v) is 3.14. The predicted molar refractivity (Wildman–Crippen MR) is 113 cm³/mol. The maximum absolute atomic E-state index is 12.9. The van der Waals surface area contributed by atoms with Gasteiger partial charge in [-0.25, -0.2) is 4.79 Å². The van der Waals surface area contributed by atoms with Crippen LogP contribution in [-0.2, 0) is 20.9 Å². The zero-order chi connectivity index (χ0) is 21.7. The quantitative estimate of drug-likeness (QED) is 0.280. The van der Waals surface area contributed by atoms with Crippen LogP contribution in [0.3, 0.4) is 0 Å². The molecule has 0 aliphatic carbocycles. The molecule has 0 saturated heterocycles. The molecule has 7 nitrogen and oxygen atoms in total. The molecule has 0 aliphatic rings. The number of nitrogens with zero attached hydrogens (tertiary/aromatic N) is 1. The largest absolute Gasteiger partial charge is 0.507 e. The van der Waals surface area contributed by atoms with E-state index in [2.05, 4.69) is 4.74 Å². The van der Waals surface area contributed by atoms with E-state index in [0.717, 1.165) is 5.56 Å². The average molecular weight is 407 g/mol. The summed E-state index contributed by atoms with van der Waals surface area (Å²) in [5.41, 5.74) is 0.973. The molecule has 7 heteroatoms. The lowest BCUT2D eigenvalue weighted by atomic mass is 10.1. The number of aliphatic hydroxyl groups excluding tert-OH is 1. The number of ketones is 1. The van der Waals surface area contributed by atoms with Crippen molar-refractivity contribution >= 4 is 28.4 Å². The number of carbonyl (C=O) groups excluding carboxylic acids is 2. The summed E-state index contributed by atoms with van der Waals surface area (Å²) in [6.45, 7) is 1.95. The van der Waals surface area contributed by atoms with Crippen molar-refractivity contribution in [1.29, 1.82) is 0 Å². The Kier molecular flexibility index (Phi) is 6.32. The van der Waals surface area contributed by atoms with Gasteiger partial charge in [0.25, 0.3) is 5.78 Å². The van der Waals surface area contributed by atoms with Crippen LogP contribution in [0, 0.1) is 0 Å². The minimum Gasteiger partial charge on any atom is -0.507 e. The lowest BCUT2D eigenvalue weighted by Gasteiger charge is -2.15. The van der Waals surface area contributed by atoms with Crippen LogP contribution in [0.1, 0.15) is 18.1 Å². The second-order valence-corrected chi connectivity index (χ2v) is 6.44. The summed E-state index contributed by atoms with van der Waals surface area (Å²) in [5.74, 6) is -2.06. The Morgan fingerprint density at radius 1 is 1.10 bits per heavy atom. The third kappa shape index (κ3) is 4.25. The van der Waals surface area contributed by atoms with Crippen LogP contribution in [0.2, 0.25) is 0 Å². The minimum absolute atomic E-state index is 0.0286. The second kappa shape index (κ2) is 9.09. The number of hydrogen-bond acceptors (Lipinski definition) is 6. The standard InChI is InChI=1S/C23H21NO6/c1-3-30-23(28)20(26)12-19(25)17-14-24(13-15-8-4-7-11-21(15)29-2)18-10-6-5-9-16(18)22(17)27/h4-12,14,25H,3,13H2,1-2H3. The maximum Gasteiger partial charge on any atom is 0.379 e. The molecule has 1 aromatic heterocycles. The van der Waals surface area contributed by atoms with E-state index in [1.165, 1.54) is 6.20 Å². The van der Waals surface area contributed by atoms with Crippen molar-refractivity contribution in [2.45, 2.75) is 13.5 Å². The summed E-state index contributed by atoms with van der Waals surface area (Å²) in [4.78, 5) is 36.4. The van der Waals surface area contributed by atoms with Crippen molar-refractivity contribution in [1.82, 2.24) is 4.57 Å². The van der Waals surface area contributed by atoms with Crippen molar-refractivity contribution < 1.29 is 24.2 Å². The Morgan fingerprint density at radius 3 is 2.53 bits per heavy atom. The van der Waals surface area contributed by atoms with Gasteiger partial charge in [-0.05, 0) is 25.1 Å². The SMILES string of the molecule is CCOC(=O)C(=O)C=C(O)c1cn(Cc2ccccc2OC)c2ccccc2c1=O. The highest BCUT2D eigenvalue weighted by molar-refractivity contribution is 6.39. The van der Waals surface area contributed by atoms with Crippen LogP contribution in [0.25, 0.3) is 16.7 Å². The number of esters is 1. The van der Waals surface area contributed by atoms with Gasteiger partial charge in [0.1, 0.15) is 11.5 Å². The molecule has 2 aromatic carbocycles. The summed E-state index contributed by atoms with van der Waals surface area (Å²) in [7, 11) is 1.57. The van der Waals surface area contributed by atoms with E-state index in [1.807, 2.05) is 24.3 Å². The number of rotatable bonds is 7. The molecule has 0 saturated carbocycles. The molecule has 3 rings (SSSR count). The van der Waals surface area contributed by atoms with Gasteiger partial charge < -0.3 is 19.1 Å². The topological polar surface area (TPSA) is 94.8 Å². The normalized spacial score (nSPS) is 11.3. The molecule has 3 aromatic rings. The summed E-state index contributed by atoms with van der Waals surface area (Å²) in [6, 6.07) is 14.4. The van der Waals surface area contributed by atoms with Crippen LogP contribution in [-0.4, -0.2) is 35.1 Å². The first kappa shape index (κ1) is 20.9. The van der Waals surface area contributed by atoms with Gasteiger partial charge in [-0.15, -0.1) is 0 Å². The van der Waals surface area contributed by atoms with E-state index in [1.54, 1.807) is 42.9 Å². The van der Waals surface area contributed by atoms with E-state index in [-0.39, 0.29) is 12.2 Å². The van der Waals surface area contributed by atoms with Crippen LogP contribution >= 0.6 is 0 Å². The second-order valence-electron chi connectivity index (χ2n) is 6.44. The molecule has 0 spiro atoms. The zero-order valence-corrected chi connectivity index (χ0v) is 16.6. The van der Waals surface area contributed by atoms with Crippen LogP contribution in [0.5, 0.6) is 5.75 Å². The molecule has 0 unspecified atom stereocenters. The molecule has 154 valence electrons. The summed E-state index contributed by atoms with van der Waals surface area (Å²) in [6.07, 6.45) is 2.16. The molecule has 30 heavy (non-hydrogen) atoms. The summed E-state index contributed by atoms with van der Waals surface area (Å²) in [5, 5.41) is 10.8. The number of pyridine rings is 1. The van der Waals surface area contributed by atoms with Crippen molar-refractivity contribution in [2.24, 2.45) is 0 Å². The third-order valence-corrected chi connectivity index (χ3v) is 4.54. The number of carbonyl (C=O) groups is 2. The molecular weight excluding hydrogens is 386 g/mol. The van der Waals surface area contributed by atoms with Crippen LogP contribution in [0.4, 0.5) is 0 Å². The first-order valence-corrected chi connectivity index (χ1v) is 9.32. The highest BCUT2D eigenvalue weighted by atomic mass is 16.5. The Labute approximate surface area is 172 Å². The Balaban J connectivity index is 2.13. The number of aromatic nitrogens is 1. The van der Waals surface area contributed by atoms with Crippen molar-refractivity contribution in [3.05, 3.63) is 82.2 Å². The highest BCUT2D eigenvalue weighted by Gasteiger charge is 2.17. The molecule has 0 amide bonds.